The van der Waals surface area contributed by atoms with Gasteiger partial charge in [0.2, 0.25) is 5.75 Å². The largest absolute Gasteiger partial charge is 0.493 e. The minimum atomic E-state index is -0.674. The van der Waals surface area contributed by atoms with Crippen LogP contribution in [-0.4, -0.2) is 39.8 Å². The summed E-state index contributed by atoms with van der Waals surface area (Å²) in [6.45, 7) is 5.40. The van der Waals surface area contributed by atoms with Crippen molar-refractivity contribution >= 4 is 17.6 Å². The van der Waals surface area contributed by atoms with Crippen molar-refractivity contribution < 1.29 is 28.5 Å². The Bertz CT molecular complexity index is 842. The van der Waals surface area contributed by atoms with Crippen LogP contribution in [0.3, 0.4) is 0 Å². The summed E-state index contributed by atoms with van der Waals surface area (Å²) in [6, 6.07) is 6.89. The lowest BCUT2D eigenvalue weighted by Gasteiger charge is -2.14. The molecule has 0 saturated heterocycles. The highest BCUT2D eigenvalue weighted by molar-refractivity contribution is 5.97. The van der Waals surface area contributed by atoms with Crippen LogP contribution in [0.1, 0.15) is 27.0 Å². The van der Waals surface area contributed by atoms with Crippen LogP contribution in [0.2, 0.25) is 0 Å². The molecule has 1 amide bonds. The summed E-state index contributed by atoms with van der Waals surface area (Å²) in [5.41, 5.74) is 3.91. The summed E-state index contributed by atoms with van der Waals surface area (Å²) in [6.07, 6.45) is 0. The van der Waals surface area contributed by atoms with Crippen molar-refractivity contribution in [3.8, 4) is 17.2 Å². The van der Waals surface area contributed by atoms with Crippen LogP contribution < -0.4 is 19.5 Å². The molecule has 0 saturated carbocycles. The number of hydrogen-bond donors (Lipinski definition) is 1. The van der Waals surface area contributed by atoms with E-state index in [4.69, 9.17) is 18.9 Å². The molecule has 2 aromatic rings. The molecule has 150 valence electrons. The zero-order chi connectivity index (χ0) is 20.8. The van der Waals surface area contributed by atoms with E-state index >= 15 is 0 Å². The first kappa shape index (κ1) is 21.1. The van der Waals surface area contributed by atoms with Crippen LogP contribution in [0.15, 0.2) is 24.3 Å². The lowest BCUT2D eigenvalue weighted by Crippen LogP contribution is -2.22. The number of nitrogens with one attached hydrogen (secondary N) is 1. The molecule has 7 nitrogen and oxygen atoms in total. The number of ether oxygens (including phenoxy) is 4. The maximum atomic E-state index is 12.4. The zero-order valence-electron chi connectivity index (χ0n) is 17.0. The molecule has 0 aromatic heterocycles. The number of rotatable bonds is 7. The molecule has 0 fully saturated rings. The van der Waals surface area contributed by atoms with E-state index < -0.39 is 18.5 Å². The van der Waals surface area contributed by atoms with E-state index in [1.54, 1.807) is 0 Å². The molecule has 0 heterocycles. The van der Waals surface area contributed by atoms with Gasteiger partial charge in [-0.3, -0.25) is 4.79 Å². The summed E-state index contributed by atoms with van der Waals surface area (Å²) in [5.74, 6) is -0.0828. The molecular formula is C21H25NO6. The maximum Gasteiger partial charge on any atom is 0.338 e. The van der Waals surface area contributed by atoms with E-state index in [0.717, 1.165) is 22.4 Å². The third-order valence-electron chi connectivity index (χ3n) is 4.18. The number of hydrogen-bond acceptors (Lipinski definition) is 6. The SMILES string of the molecule is COc1cc(C(=O)OCC(=O)Nc2c(C)cc(C)cc2C)cc(OC)c1OC. The van der Waals surface area contributed by atoms with Gasteiger partial charge in [0, 0.05) is 5.69 Å². The van der Waals surface area contributed by atoms with Crippen molar-refractivity contribution in [1.29, 1.82) is 0 Å². The van der Waals surface area contributed by atoms with Crippen LogP contribution in [0.25, 0.3) is 0 Å². The predicted octanol–water partition coefficient (Wildman–Crippen LogP) is 3.43. The minimum Gasteiger partial charge on any atom is -0.493 e. The Balaban J connectivity index is 2.09. The minimum absolute atomic E-state index is 0.185. The molecule has 1 N–H and O–H groups in total. The Kier molecular flexibility index (Phi) is 6.87. The van der Waals surface area contributed by atoms with Gasteiger partial charge >= 0.3 is 5.97 Å². The van der Waals surface area contributed by atoms with Gasteiger partial charge in [0.15, 0.2) is 18.1 Å². The monoisotopic (exact) mass is 387 g/mol. The quantitative estimate of drug-likeness (QED) is 0.733. The third-order valence-corrected chi connectivity index (χ3v) is 4.18. The van der Waals surface area contributed by atoms with Crippen LogP contribution >= 0.6 is 0 Å². The summed E-state index contributed by atoms with van der Waals surface area (Å²) in [7, 11) is 4.37. The average molecular weight is 387 g/mol. The lowest BCUT2D eigenvalue weighted by atomic mass is 10.1. The van der Waals surface area contributed by atoms with E-state index in [1.165, 1.54) is 33.5 Å². The molecule has 0 aliphatic heterocycles. The van der Waals surface area contributed by atoms with Gasteiger partial charge in [-0.05, 0) is 44.0 Å². The molecule has 0 bridgehead atoms. The molecule has 2 aromatic carbocycles. The van der Waals surface area contributed by atoms with E-state index in [-0.39, 0.29) is 5.56 Å². The first-order valence-corrected chi connectivity index (χ1v) is 8.65. The molecule has 7 heteroatoms. The fourth-order valence-corrected chi connectivity index (χ4v) is 2.97. The lowest BCUT2D eigenvalue weighted by molar-refractivity contribution is -0.119. The second-order valence-electron chi connectivity index (χ2n) is 6.31. The number of esters is 1. The fourth-order valence-electron chi connectivity index (χ4n) is 2.97. The van der Waals surface area contributed by atoms with Crippen molar-refractivity contribution in [2.75, 3.05) is 33.3 Å². The standard InChI is InChI=1S/C21H25NO6/c1-12-7-13(2)19(14(3)8-12)22-18(23)11-28-21(24)15-9-16(25-4)20(27-6)17(10-15)26-5/h7-10H,11H2,1-6H3,(H,22,23). The smallest absolute Gasteiger partial charge is 0.338 e. The van der Waals surface area contributed by atoms with E-state index in [2.05, 4.69) is 5.32 Å². The Morgan fingerprint density at radius 3 is 1.86 bits per heavy atom. The van der Waals surface area contributed by atoms with E-state index in [9.17, 15) is 9.59 Å². The van der Waals surface area contributed by atoms with E-state index in [0.29, 0.717) is 17.2 Å². The molecule has 0 aliphatic rings. The summed E-state index contributed by atoms with van der Waals surface area (Å²) >= 11 is 0. The third kappa shape index (κ3) is 4.73. The molecule has 0 radical (unpaired) electrons. The number of benzene rings is 2. The van der Waals surface area contributed by atoms with Crippen LogP contribution in [0, 0.1) is 20.8 Å². The topological polar surface area (TPSA) is 83.1 Å². The average Bonchev–Trinajstić information content (AvgIpc) is 2.67. The number of amides is 1. The zero-order valence-corrected chi connectivity index (χ0v) is 17.0. The highest BCUT2D eigenvalue weighted by Gasteiger charge is 2.19. The summed E-state index contributed by atoms with van der Waals surface area (Å²) in [5, 5.41) is 2.79. The van der Waals surface area contributed by atoms with Crippen molar-refractivity contribution in [1.82, 2.24) is 0 Å². The fraction of sp³-hybridized carbons (Fsp3) is 0.333. The molecule has 0 spiro atoms. The van der Waals surface area contributed by atoms with Crippen LogP contribution in [-0.2, 0) is 9.53 Å². The summed E-state index contributed by atoms with van der Waals surface area (Å²) in [4.78, 5) is 24.6. The van der Waals surface area contributed by atoms with Gasteiger partial charge in [0.1, 0.15) is 0 Å². The Morgan fingerprint density at radius 1 is 0.857 bits per heavy atom. The van der Waals surface area contributed by atoms with Gasteiger partial charge in [0.25, 0.3) is 5.91 Å². The van der Waals surface area contributed by atoms with Gasteiger partial charge in [0.05, 0.1) is 26.9 Å². The Hall–Kier alpha value is -3.22. The molecule has 28 heavy (non-hydrogen) atoms. The van der Waals surface area contributed by atoms with Crippen LogP contribution in [0.5, 0.6) is 17.2 Å². The Morgan fingerprint density at radius 2 is 1.39 bits per heavy atom. The van der Waals surface area contributed by atoms with Crippen molar-refractivity contribution in [3.63, 3.8) is 0 Å². The van der Waals surface area contributed by atoms with Crippen molar-refractivity contribution in [3.05, 3.63) is 46.5 Å². The number of anilines is 1. The van der Waals surface area contributed by atoms with Crippen molar-refractivity contribution in [2.45, 2.75) is 20.8 Å². The number of aryl methyl sites for hydroxylation is 3. The second kappa shape index (κ2) is 9.12. The normalized spacial score (nSPS) is 10.2. The summed E-state index contributed by atoms with van der Waals surface area (Å²) < 4.78 is 20.8. The second-order valence-corrected chi connectivity index (χ2v) is 6.31. The highest BCUT2D eigenvalue weighted by Crippen LogP contribution is 2.38. The van der Waals surface area contributed by atoms with Crippen molar-refractivity contribution in [2.24, 2.45) is 0 Å². The van der Waals surface area contributed by atoms with Gasteiger partial charge in [-0.1, -0.05) is 17.7 Å². The van der Waals surface area contributed by atoms with Gasteiger partial charge in [-0.25, -0.2) is 4.79 Å². The first-order chi connectivity index (χ1) is 13.3. The highest BCUT2D eigenvalue weighted by atomic mass is 16.5. The Labute approximate surface area is 164 Å². The number of methoxy groups -OCH3 is 3. The number of carbonyl (C=O) groups is 2. The van der Waals surface area contributed by atoms with Gasteiger partial charge < -0.3 is 24.3 Å². The molecule has 2 rings (SSSR count). The van der Waals surface area contributed by atoms with Gasteiger partial charge in [-0.15, -0.1) is 0 Å². The molecule has 0 aliphatic carbocycles. The molecule has 0 unspecified atom stereocenters. The number of carbonyl (C=O) groups excluding carboxylic acids is 2. The maximum absolute atomic E-state index is 12.4. The van der Waals surface area contributed by atoms with E-state index in [1.807, 2.05) is 32.9 Å². The van der Waals surface area contributed by atoms with Gasteiger partial charge in [-0.2, -0.15) is 0 Å². The predicted molar refractivity (Wildman–Crippen MR) is 106 cm³/mol. The van der Waals surface area contributed by atoms with Crippen LogP contribution in [0.4, 0.5) is 5.69 Å². The first-order valence-electron chi connectivity index (χ1n) is 8.65. The molecular weight excluding hydrogens is 362 g/mol. The molecule has 0 atom stereocenters.